The van der Waals surface area contributed by atoms with Gasteiger partial charge in [0.2, 0.25) is 0 Å². The van der Waals surface area contributed by atoms with E-state index in [0.717, 1.165) is 5.56 Å². The molecule has 0 saturated carbocycles. The number of hydrogen-bond acceptors (Lipinski definition) is 3. The van der Waals surface area contributed by atoms with Crippen LogP contribution in [0.2, 0.25) is 0 Å². The van der Waals surface area contributed by atoms with Crippen LogP contribution in [-0.2, 0) is 13.0 Å². The Morgan fingerprint density at radius 2 is 1.90 bits per heavy atom. The van der Waals surface area contributed by atoms with Gasteiger partial charge in [0.25, 0.3) is 0 Å². The maximum absolute atomic E-state index is 13.9. The predicted molar refractivity (Wildman–Crippen MR) is 76.4 cm³/mol. The van der Waals surface area contributed by atoms with E-state index in [-0.39, 0.29) is 18.1 Å². The Kier molecular flexibility index (Phi) is 5.11. The predicted octanol–water partition coefficient (Wildman–Crippen LogP) is 3.05. The molecule has 2 N–H and O–H groups in total. The SMILES string of the molecule is COc1cccc(COc2ccc(CCN)cc2F)c1F. The van der Waals surface area contributed by atoms with Gasteiger partial charge >= 0.3 is 0 Å². The molecule has 0 unspecified atom stereocenters. The molecule has 0 amide bonds. The lowest BCUT2D eigenvalue weighted by atomic mass is 10.1. The molecule has 2 rings (SSSR count). The standard InChI is InChI=1S/C16H17F2NO2/c1-20-15-4-2-3-12(16(15)18)10-21-14-6-5-11(7-8-19)9-13(14)17/h2-6,9H,7-8,10,19H2,1H3. The summed E-state index contributed by atoms with van der Waals surface area (Å²) in [4.78, 5) is 0. The maximum atomic E-state index is 13.9. The highest BCUT2D eigenvalue weighted by Gasteiger charge is 2.10. The first-order chi connectivity index (χ1) is 10.2. The van der Waals surface area contributed by atoms with E-state index >= 15 is 0 Å². The summed E-state index contributed by atoms with van der Waals surface area (Å²) in [5.41, 5.74) is 6.53. The Bertz CT molecular complexity index is 617. The van der Waals surface area contributed by atoms with Gasteiger partial charge in [-0.2, -0.15) is 0 Å². The third kappa shape index (κ3) is 3.70. The molecule has 21 heavy (non-hydrogen) atoms. The molecule has 2 aromatic carbocycles. The Balaban J connectivity index is 2.10. The molecule has 0 aliphatic rings. The molecule has 0 saturated heterocycles. The molecule has 112 valence electrons. The van der Waals surface area contributed by atoms with E-state index in [2.05, 4.69) is 0 Å². The molecule has 3 nitrogen and oxygen atoms in total. The smallest absolute Gasteiger partial charge is 0.171 e. The van der Waals surface area contributed by atoms with Gasteiger partial charge in [0, 0.05) is 5.56 Å². The van der Waals surface area contributed by atoms with Gasteiger partial charge in [-0.25, -0.2) is 8.78 Å². The zero-order chi connectivity index (χ0) is 15.2. The van der Waals surface area contributed by atoms with Crippen molar-refractivity contribution in [2.24, 2.45) is 5.73 Å². The molecule has 0 radical (unpaired) electrons. The Hall–Kier alpha value is -2.14. The van der Waals surface area contributed by atoms with Gasteiger partial charge < -0.3 is 15.2 Å². The molecule has 0 fully saturated rings. The van der Waals surface area contributed by atoms with Crippen molar-refractivity contribution in [2.45, 2.75) is 13.0 Å². The monoisotopic (exact) mass is 293 g/mol. The lowest BCUT2D eigenvalue weighted by Crippen LogP contribution is -2.04. The summed E-state index contributed by atoms with van der Waals surface area (Å²) in [6.45, 7) is 0.380. The second kappa shape index (κ2) is 7.04. The number of ether oxygens (including phenoxy) is 2. The van der Waals surface area contributed by atoms with E-state index in [1.807, 2.05) is 0 Å². The lowest BCUT2D eigenvalue weighted by Gasteiger charge is -2.10. The molecule has 0 spiro atoms. The first-order valence-corrected chi connectivity index (χ1v) is 6.58. The fourth-order valence-electron chi connectivity index (χ4n) is 1.96. The van der Waals surface area contributed by atoms with Crippen LogP contribution in [0.25, 0.3) is 0 Å². The van der Waals surface area contributed by atoms with Crippen molar-refractivity contribution in [1.82, 2.24) is 0 Å². The van der Waals surface area contributed by atoms with Gasteiger partial charge in [-0.3, -0.25) is 0 Å². The average Bonchev–Trinajstić information content (AvgIpc) is 2.48. The van der Waals surface area contributed by atoms with E-state index in [1.54, 1.807) is 18.2 Å². The minimum atomic E-state index is -0.500. The fraction of sp³-hybridized carbons (Fsp3) is 0.250. The van der Waals surface area contributed by atoms with Crippen LogP contribution in [0, 0.1) is 11.6 Å². The Labute approximate surface area is 122 Å². The third-order valence-corrected chi connectivity index (χ3v) is 3.08. The molecule has 2 aromatic rings. The summed E-state index contributed by atoms with van der Waals surface area (Å²) >= 11 is 0. The summed E-state index contributed by atoms with van der Waals surface area (Å²) in [6, 6.07) is 9.39. The molecule has 0 atom stereocenters. The van der Waals surface area contributed by atoms with Gasteiger partial charge in [0.1, 0.15) is 6.61 Å². The summed E-state index contributed by atoms with van der Waals surface area (Å²) < 4.78 is 38.0. The van der Waals surface area contributed by atoms with Crippen molar-refractivity contribution in [2.75, 3.05) is 13.7 Å². The van der Waals surface area contributed by atoms with Crippen LogP contribution < -0.4 is 15.2 Å². The molecule has 0 heterocycles. The van der Waals surface area contributed by atoms with Crippen molar-refractivity contribution in [3.05, 3.63) is 59.2 Å². The number of nitrogens with two attached hydrogens (primary N) is 1. The zero-order valence-electron chi connectivity index (χ0n) is 11.7. The molecule has 5 heteroatoms. The highest BCUT2D eigenvalue weighted by molar-refractivity contribution is 5.32. The second-order valence-electron chi connectivity index (χ2n) is 4.53. The van der Waals surface area contributed by atoms with Gasteiger partial charge in [-0.05, 0) is 36.7 Å². The van der Waals surface area contributed by atoms with Crippen molar-refractivity contribution in [3.8, 4) is 11.5 Å². The van der Waals surface area contributed by atoms with Crippen LogP contribution in [0.1, 0.15) is 11.1 Å². The molecule has 0 aliphatic carbocycles. The molecular weight excluding hydrogens is 276 g/mol. The zero-order valence-corrected chi connectivity index (χ0v) is 11.7. The van der Waals surface area contributed by atoms with Crippen LogP contribution in [0.5, 0.6) is 11.5 Å². The van der Waals surface area contributed by atoms with Crippen LogP contribution in [-0.4, -0.2) is 13.7 Å². The molecule has 0 bridgehead atoms. The van der Waals surface area contributed by atoms with Gasteiger partial charge in [0.15, 0.2) is 23.1 Å². The Morgan fingerprint density at radius 3 is 2.57 bits per heavy atom. The summed E-state index contributed by atoms with van der Waals surface area (Å²) in [5.74, 6) is -0.766. The van der Waals surface area contributed by atoms with Crippen LogP contribution in [0.4, 0.5) is 8.78 Å². The number of hydrogen-bond donors (Lipinski definition) is 1. The summed E-state index contributed by atoms with van der Waals surface area (Å²) in [6.07, 6.45) is 0.599. The largest absolute Gasteiger partial charge is 0.494 e. The van der Waals surface area contributed by atoms with E-state index in [1.165, 1.54) is 25.3 Å². The quantitative estimate of drug-likeness (QED) is 0.890. The number of benzene rings is 2. The number of methoxy groups -OCH3 is 1. The average molecular weight is 293 g/mol. The van der Waals surface area contributed by atoms with Crippen LogP contribution in [0.3, 0.4) is 0 Å². The van der Waals surface area contributed by atoms with Crippen LogP contribution >= 0.6 is 0 Å². The summed E-state index contributed by atoms with van der Waals surface area (Å²) in [5, 5.41) is 0. The van der Waals surface area contributed by atoms with Crippen LogP contribution in [0.15, 0.2) is 36.4 Å². The maximum Gasteiger partial charge on any atom is 0.171 e. The minimum absolute atomic E-state index is 0.0732. The van der Waals surface area contributed by atoms with E-state index in [9.17, 15) is 8.78 Å². The highest BCUT2D eigenvalue weighted by Crippen LogP contribution is 2.23. The van der Waals surface area contributed by atoms with Gasteiger partial charge in [0.05, 0.1) is 7.11 Å². The third-order valence-electron chi connectivity index (χ3n) is 3.08. The van der Waals surface area contributed by atoms with Crippen molar-refractivity contribution in [1.29, 1.82) is 0 Å². The van der Waals surface area contributed by atoms with E-state index in [0.29, 0.717) is 18.5 Å². The lowest BCUT2D eigenvalue weighted by molar-refractivity contribution is 0.281. The van der Waals surface area contributed by atoms with E-state index in [4.69, 9.17) is 15.2 Å². The second-order valence-corrected chi connectivity index (χ2v) is 4.53. The van der Waals surface area contributed by atoms with Crippen molar-refractivity contribution >= 4 is 0 Å². The number of rotatable bonds is 6. The van der Waals surface area contributed by atoms with Crippen molar-refractivity contribution < 1.29 is 18.3 Å². The molecular formula is C16H17F2NO2. The summed E-state index contributed by atoms with van der Waals surface area (Å²) in [7, 11) is 1.39. The molecule has 0 aliphatic heterocycles. The van der Waals surface area contributed by atoms with Gasteiger partial charge in [-0.1, -0.05) is 18.2 Å². The minimum Gasteiger partial charge on any atom is -0.494 e. The molecule has 0 aromatic heterocycles. The normalized spacial score (nSPS) is 10.5. The van der Waals surface area contributed by atoms with Crippen molar-refractivity contribution in [3.63, 3.8) is 0 Å². The Morgan fingerprint density at radius 1 is 1.10 bits per heavy atom. The topological polar surface area (TPSA) is 44.5 Å². The number of halogens is 2. The highest BCUT2D eigenvalue weighted by atomic mass is 19.1. The first-order valence-electron chi connectivity index (χ1n) is 6.58. The van der Waals surface area contributed by atoms with E-state index < -0.39 is 11.6 Å². The fourth-order valence-corrected chi connectivity index (χ4v) is 1.96. The van der Waals surface area contributed by atoms with Gasteiger partial charge in [-0.15, -0.1) is 0 Å². The first kappa shape index (κ1) is 15.3.